The number of nitrogens with zero attached hydrogens (tertiary/aromatic N) is 1. The Kier molecular flexibility index (Phi) is 5.01. The molecule has 1 fully saturated rings. The summed E-state index contributed by atoms with van der Waals surface area (Å²) in [6.45, 7) is 4.90. The monoisotopic (exact) mass is 294 g/mol. The number of likely N-dealkylation sites (tertiary alicyclic amines) is 1. The molecule has 116 valence electrons. The maximum absolute atomic E-state index is 11.7. The van der Waals surface area contributed by atoms with Crippen molar-refractivity contribution >= 4 is 11.9 Å². The summed E-state index contributed by atoms with van der Waals surface area (Å²) in [7, 11) is 0. The van der Waals surface area contributed by atoms with Crippen molar-refractivity contribution in [2.75, 3.05) is 13.1 Å². The van der Waals surface area contributed by atoms with Gasteiger partial charge in [0.05, 0.1) is 6.04 Å². The molecular formula is C15H22N2O4. The molecule has 2 heterocycles. The largest absolute Gasteiger partial charge is 0.480 e. The molecule has 0 spiro atoms. The van der Waals surface area contributed by atoms with E-state index in [-0.39, 0.29) is 11.8 Å². The van der Waals surface area contributed by atoms with Crippen LogP contribution >= 0.6 is 0 Å². The van der Waals surface area contributed by atoms with Crippen molar-refractivity contribution in [2.45, 2.75) is 45.2 Å². The maximum atomic E-state index is 11.7. The third-order valence-electron chi connectivity index (χ3n) is 4.01. The molecule has 0 aromatic carbocycles. The average Bonchev–Trinajstić information content (AvgIpc) is 2.94. The lowest BCUT2D eigenvalue weighted by Gasteiger charge is -2.37. The highest BCUT2D eigenvalue weighted by atomic mass is 16.4. The number of nitrogens with one attached hydrogen (secondary N) is 1. The van der Waals surface area contributed by atoms with E-state index in [9.17, 15) is 9.59 Å². The van der Waals surface area contributed by atoms with Gasteiger partial charge in [0, 0.05) is 6.04 Å². The number of hydrogen-bond acceptors (Lipinski definition) is 4. The van der Waals surface area contributed by atoms with Gasteiger partial charge < -0.3 is 14.8 Å². The molecule has 2 rings (SSSR count). The Hall–Kier alpha value is -1.82. The van der Waals surface area contributed by atoms with Crippen LogP contribution in [-0.2, 0) is 4.79 Å². The molecular weight excluding hydrogens is 272 g/mol. The standard InChI is InChI=1S/C15H22N2O4/c1-10-5-3-4-8-17(10)11(2)12-6-7-13(21-12)15(20)16-9-14(18)19/h6-7,10-11H,3-5,8-9H2,1-2H3,(H,16,20)(H,18,19). The fourth-order valence-electron chi connectivity index (χ4n) is 2.80. The van der Waals surface area contributed by atoms with Crippen molar-refractivity contribution in [1.29, 1.82) is 0 Å². The lowest BCUT2D eigenvalue weighted by atomic mass is 10.0. The van der Waals surface area contributed by atoms with Gasteiger partial charge in [-0.1, -0.05) is 6.42 Å². The van der Waals surface area contributed by atoms with Gasteiger partial charge in [0.25, 0.3) is 5.91 Å². The summed E-state index contributed by atoms with van der Waals surface area (Å²) in [5.41, 5.74) is 0. The Morgan fingerprint density at radius 2 is 2.24 bits per heavy atom. The van der Waals surface area contributed by atoms with Crippen molar-refractivity contribution in [2.24, 2.45) is 0 Å². The number of piperidine rings is 1. The number of carbonyl (C=O) groups excluding carboxylic acids is 1. The quantitative estimate of drug-likeness (QED) is 0.868. The Morgan fingerprint density at radius 1 is 1.48 bits per heavy atom. The van der Waals surface area contributed by atoms with Gasteiger partial charge >= 0.3 is 5.97 Å². The van der Waals surface area contributed by atoms with Crippen molar-refractivity contribution in [1.82, 2.24) is 10.2 Å². The van der Waals surface area contributed by atoms with Gasteiger partial charge in [0.2, 0.25) is 0 Å². The molecule has 21 heavy (non-hydrogen) atoms. The van der Waals surface area contributed by atoms with Crippen LogP contribution in [-0.4, -0.2) is 41.0 Å². The van der Waals surface area contributed by atoms with Crippen molar-refractivity contribution in [3.05, 3.63) is 23.7 Å². The predicted octanol–water partition coefficient (Wildman–Crippen LogP) is 2.03. The zero-order chi connectivity index (χ0) is 15.4. The summed E-state index contributed by atoms with van der Waals surface area (Å²) in [5.74, 6) is -0.680. The second-order valence-electron chi connectivity index (χ2n) is 5.54. The summed E-state index contributed by atoms with van der Waals surface area (Å²) < 4.78 is 5.59. The van der Waals surface area contributed by atoms with E-state index in [1.54, 1.807) is 12.1 Å². The molecule has 0 bridgehead atoms. The molecule has 1 aliphatic rings. The van der Waals surface area contributed by atoms with Crippen LogP contribution in [0.3, 0.4) is 0 Å². The zero-order valence-electron chi connectivity index (χ0n) is 12.5. The van der Waals surface area contributed by atoms with E-state index in [0.717, 1.165) is 12.3 Å². The van der Waals surface area contributed by atoms with E-state index >= 15 is 0 Å². The Morgan fingerprint density at radius 3 is 2.90 bits per heavy atom. The number of furan rings is 1. The number of carbonyl (C=O) groups is 2. The molecule has 1 amide bonds. The smallest absolute Gasteiger partial charge is 0.322 e. The normalized spacial score (nSPS) is 21.0. The summed E-state index contributed by atoms with van der Waals surface area (Å²) in [5, 5.41) is 10.8. The van der Waals surface area contributed by atoms with E-state index in [4.69, 9.17) is 9.52 Å². The minimum Gasteiger partial charge on any atom is -0.480 e. The second kappa shape index (κ2) is 6.76. The number of carboxylic acid groups (broad SMARTS) is 1. The first-order valence-electron chi connectivity index (χ1n) is 7.34. The van der Waals surface area contributed by atoms with E-state index in [2.05, 4.69) is 24.1 Å². The van der Waals surface area contributed by atoms with Crippen LogP contribution < -0.4 is 5.32 Å². The van der Waals surface area contributed by atoms with Crippen LogP contribution in [0.5, 0.6) is 0 Å². The topological polar surface area (TPSA) is 82.8 Å². The fourth-order valence-corrected chi connectivity index (χ4v) is 2.80. The van der Waals surface area contributed by atoms with Crippen LogP contribution in [0.4, 0.5) is 0 Å². The lowest BCUT2D eigenvalue weighted by Crippen LogP contribution is -2.39. The minimum absolute atomic E-state index is 0.112. The van der Waals surface area contributed by atoms with E-state index < -0.39 is 18.4 Å². The molecule has 0 radical (unpaired) electrons. The van der Waals surface area contributed by atoms with Gasteiger partial charge in [-0.15, -0.1) is 0 Å². The predicted molar refractivity (Wildman–Crippen MR) is 77.1 cm³/mol. The first kappa shape index (κ1) is 15.6. The number of rotatable bonds is 5. The van der Waals surface area contributed by atoms with Crippen LogP contribution in [0.25, 0.3) is 0 Å². The molecule has 0 saturated carbocycles. The first-order chi connectivity index (χ1) is 9.99. The lowest BCUT2D eigenvalue weighted by molar-refractivity contribution is -0.135. The maximum Gasteiger partial charge on any atom is 0.322 e. The average molecular weight is 294 g/mol. The summed E-state index contributed by atoms with van der Waals surface area (Å²) in [6.07, 6.45) is 3.61. The molecule has 2 unspecified atom stereocenters. The van der Waals surface area contributed by atoms with Crippen molar-refractivity contribution in [3.8, 4) is 0 Å². The van der Waals surface area contributed by atoms with E-state index in [1.807, 2.05) is 0 Å². The van der Waals surface area contributed by atoms with Gasteiger partial charge in [-0.25, -0.2) is 0 Å². The molecule has 2 atom stereocenters. The summed E-state index contributed by atoms with van der Waals surface area (Å²) in [6, 6.07) is 4.00. The SMILES string of the molecule is CC1CCCCN1C(C)c1ccc(C(=O)NCC(=O)O)o1. The molecule has 6 heteroatoms. The molecule has 1 aromatic heterocycles. The third-order valence-corrected chi connectivity index (χ3v) is 4.01. The first-order valence-corrected chi connectivity index (χ1v) is 7.34. The van der Waals surface area contributed by atoms with Gasteiger partial charge in [-0.3, -0.25) is 14.5 Å². The van der Waals surface area contributed by atoms with Gasteiger partial charge in [0.15, 0.2) is 5.76 Å². The molecule has 6 nitrogen and oxygen atoms in total. The fraction of sp³-hybridized carbons (Fsp3) is 0.600. The number of amides is 1. The van der Waals surface area contributed by atoms with Crippen LogP contribution in [0.15, 0.2) is 16.5 Å². The highest BCUT2D eigenvalue weighted by molar-refractivity contribution is 5.93. The minimum atomic E-state index is -1.08. The van der Waals surface area contributed by atoms with E-state index in [1.165, 1.54) is 19.3 Å². The Balaban J connectivity index is 2.01. The number of aliphatic carboxylic acids is 1. The highest BCUT2D eigenvalue weighted by Crippen LogP contribution is 2.29. The van der Waals surface area contributed by atoms with Gasteiger partial charge in [-0.05, 0) is 45.4 Å². The van der Waals surface area contributed by atoms with Crippen LogP contribution in [0.1, 0.15) is 55.5 Å². The van der Waals surface area contributed by atoms with Gasteiger partial charge in [0.1, 0.15) is 12.3 Å². The molecule has 1 aliphatic heterocycles. The third kappa shape index (κ3) is 3.85. The Bertz CT molecular complexity index is 512. The zero-order valence-corrected chi connectivity index (χ0v) is 12.5. The molecule has 0 aliphatic carbocycles. The summed E-state index contributed by atoms with van der Waals surface area (Å²) in [4.78, 5) is 24.6. The molecule has 2 N–H and O–H groups in total. The molecule has 1 aromatic rings. The Labute approximate surface area is 124 Å². The second-order valence-corrected chi connectivity index (χ2v) is 5.54. The highest BCUT2D eigenvalue weighted by Gasteiger charge is 2.26. The van der Waals surface area contributed by atoms with Crippen LogP contribution in [0, 0.1) is 0 Å². The summed E-state index contributed by atoms with van der Waals surface area (Å²) >= 11 is 0. The van der Waals surface area contributed by atoms with Crippen molar-refractivity contribution < 1.29 is 19.1 Å². The number of carboxylic acids is 1. The van der Waals surface area contributed by atoms with Crippen molar-refractivity contribution in [3.63, 3.8) is 0 Å². The van der Waals surface area contributed by atoms with Gasteiger partial charge in [-0.2, -0.15) is 0 Å². The van der Waals surface area contributed by atoms with Crippen LogP contribution in [0.2, 0.25) is 0 Å². The number of hydrogen-bond donors (Lipinski definition) is 2. The van der Waals surface area contributed by atoms with E-state index in [0.29, 0.717) is 6.04 Å². The molecule has 1 saturated heterocycles.